The molecule has 4 heteroatoms. The number of aliphatic hydroxyl groups is 1. The molecule has 0 saturated heterocycles. The smallest absolute Gasteiger partial charge is 0.124 e. The van der Waals surface area contributed by atoms with Crippen LogP contribution in [0, 0.1) is 5.82 Å². The minimum Gasteiger partial charge on any atom is -0.396 e. The van der Waals surface area contributed by atoms with E-state index in [0.717, 1.165) is 10.0 Å². The number of benzene rings is 1. The quantitative estimate of drug-likeness (QED) is 0.865. The van der Waals surface area contributed by atoms with Crippen molar-refractivity contribution in [1.29, 1.82) is 0 Å². The molecular weight excluding hydrogens is 261 g/mol. The molecule has 0 radical (unpaired) electrons. The molecule has 0 aromatic heterocycles. The molecule has 1 rings (SSSR count). The SMILES string of the molecule is CC(CCO)NCc1cc(F)cc(Br)c1. The lowest BCUT2D eigenvalue weighted by Gasteiger charge is -2.12. The largest absolute Gasteiger partial charge is 0.396 e. The number of halogens is 2. The van der Waals surface area contributed by atoms with Gasteiger partial charge < -0.3 is 10.4 Å². The molecule has 0 amide bonds. The van der Waals surface area contributed by atoms with Crippen LogP contribution in [0.25, 0.3) is 0 Å². The van der Waals surface area contributed by atoms with Gasteiger partial charge in [0.05, 0.1) is 0 Å². The summed E-state index contributed by atoms with van der Waals surface area (Å²) in [6.45, 7) is 2.77. The van der Waals surface area contributed by atoms with Crippen LogP contribution in [0.5, 0.6) is 0 Å². The van der Waals surface area contributed by atoms with Gasteiger partial charge in [-0.3, -0.25) is 0 Å². The molecule has 84 valence electrons. The van der Waals surface area contributed by atoms with Crippen LogP contribution < -0.4 is 5.32 Å². The molecule has 1 atom stereocenters. The first kappa shape index (κ1) is 12.6. The zero-order chi connectivity index (χ0) is 11.3. The van der Waals surface area contributed by atoms with Gasteiger partial charge in [0.15, 0.2) is 0 Å². The summed E-state index contributed by atoms with van der Waals surface area (Å²) in [5.74, 6) is -0.240. The lowest BCUT2D eigenvalue weighted by atomic mass is 10.2. The second-order valence-electron chi connectivity index (χ2n) is 3.57. The monoisotopic (exact) mass is 275 g/mol. The maximum atomic E-state index is 13.0. The number of nitrogens with one attached hydrogen (secondary N) is 1. The second kappa shape index (κ2) is 6.20. The van der Waals surface area contributed by atoms with Crippen LogP contribution in [-0.2, 0) is 6.54 Å². The summed E-state index contributed by atoms with van der Waals surface area (Å²) in [7, 11) is 0. The van der Waals surface area contributed by atoms with E-state index in [1.807, 2.05) is 13.0 Å². The molecule has 1 unspecified atom stereocenters. The third-order valence-corrected chi connectivity index (χ3v) is 2.60. The first-order valence-electron chi connectivity index (χ1n) is 4.91. The molecule has 0 saturated carbocycles. The molecule has 0 aliphatic heterocycles. The highest BCUT2D eigenvalue weighted by Gasteiger charge is 2.02. The lowest BCUT2D eigenvalue weighted by molar-refractivity contribution is 0.268. The van der Waals surface area contributed by atoms with Gasteiger partial charge in [-0.05, 0) is 37.1 Å². The van der Waals surface area contributed by atoms with E-state index in [9.17, 15) is 4.39 Å². The zero-order valence-corrected chi connectivity index (χ0v) is 10.2. The molecule has 15 heavy (non-hydrogen) atoms. The fourth-order valence-electron chi connectivity index (χ4n) is 1.30. The molecule has 0 aliphatic carbocycles. The minimum absolute atomic E-state index is 0.168. The Morgan fingerprint density at radius 3 is 2.80 bits per heavy atom. The minimum atomic E-state index is -0.240. The van der Waals surface area contributed by atoms with Crippen LogP contribution in [0.3, 0.4) is 0 Å². The molecule has 0 fully saturated rings. The molecule has 2 N–H and O–H groups in total. The summed E-state index contributed by atoms with van der Waals surface area (Å²) in [5.41, 5.74) is 0.895. The van der Waals surface area contributed by atoms with Crippen molar-refractivity contribution in [2.75, 3.05) is 6.61 Å². The Kier molecular flexibility index (Phi) is 5.22. The van der Waals surface area contributed by atoms with Gasteiger partial charge in [0, 0.05) is 23.7 Å². The normalized spacial score (nSPS) is 12.8. The van der Waals surface area contributed by atoms with Gasteiger partial charge in [0.25, 0.3) is 0 Å². The predicted octanol–water partition coefficient (Wildman–Crippen LogP) is 2.45. The van der Waals surface area contributed by atoms with Gasteiger partial charge in [0.2, 0.25) is 0 Å². The Balaban J connectivity index is 2.50. The predicted molar refractivity (Wildman–Crippen MR) is 62.1 cm³/mol. The number of hydrogen-bond donors (Lipinski definition) is 2. The highest BCUT2D eigenvalue weighted by molar-refractivity contribution is 9.10. The van der Waals surface area contributed by atoms with Crippen molar-refractivity contribution >= 4 is 15.9 Å². The maximum absolute atomic E-state index is 13.0. The molecule has 0 heterocycles. The van der Waals surface area contributed by atoms with Crippen molar-refractivity contribution in [3.63, 3.8) is 0 Å². The maximum Gasteiger partial charge on any atom is 0.124 e. The molecular formula is C11H15BrFNO. The number of hydrogen-bond acceptors (Lipinski definition) is 2. The van der Waals surface area contributed by atoms with Gasteiger partial charge in [0.1, 0.15) is 5.82 Å². The van der Waals surface area contributed by atoms with E-state index in [1.54, 1.807) is 0 Å². The van der Waals surface area contributed by atoms with E-state index in [4.69, 9.17) is 5.11 Å². The van der Waals surface area contributed by atoms with Crippen molar-refractivity contribution < 1.29 is 9.50 Å². The van der Waals surface area contributed by atoms with Crippen LogP contribution in [0.15, 0.2) is 22.7 Å². The van der Waals surface area contributed by atoms with Crippen molar-refractivity contribution in [3.05, 3.63) is 34.1 Å². The van der Waals surface area contributed by atoms with Crippen molar-refractivity contribution in [1.82, 2.24) is 5.32 Å². The molecule has 0 aliphatic rings. The van der Waals surface area contributed by atoms with Gasteiger partial charge in [-0.25, -0.2) is 4.39 Å². The van der Waals surface area contributed by atoms with E-state index in [-0.39, 0.29) is 18.5 Å². The Bertz CT molecular complexity index is 299. The number of aliphatic hydroxyl groups excluding tert-OH is 1. The standard InChI is InChI=1S/C11H15BrFNO/c1-8(2-3-15)14-7-9-4-10(12)6-11(13)5-9/h4-6,8,14-15H,2-3,7H2,1H3. The summed E-state index contributed by atoms with van der Waals surface area (Å²) < 4.78 is 13.7. The molecule has 1 aromatic carbocycles. The first-order chi connectivity index (χ1) is 7.11. The topological polar surface area (TPSA) is 32.3 Å². The second-order valence-corrected chi connectivity index (χ2v) is 4.49. The first-order valence-corrected chi connectivity index (χ1v) is 5.70. The van der Waals surface area contributed by atoms with Crippen LogP contribution in [0.2, 0.25) is 0 Å². The fourth-order valence-corrected chi connectivity index (χ4v) is 1.81. The van der Waals surface area contributed by atoms with E-state index in [2.05, 4.69) is 21.2 Å². The summed E-state index contributed by atoms with van der Waals surface area (Å²) in [6, 6.07) is 5.04. The summed E-state index contributed by atoms with van der Waals surface area (Å²) >= 11 is 3.24. The van der Waals surface area contributed by atoms with Crippen LogP contribution in [0.4, 0.5) is 4.39 Å². The zero-order valence-electron chi connectivity index (χ0n) is 8.63. The summed E-state index contributed by atoms with van der Waals surface area (Å²) in [6.07, 6.45) is 0.705. The van der Waals surface area contributed by atoms with E-state index < -0.39 is 0 Å². The molecule has 1 aromatic rings. The van der Waals surface area contributed by atoms with Gasteiger partial charge in [-0.15, -0.1) is 0 Å². The van der Waals surface area contributed by atoms with E-state index >= 15 is 0 Å². The van der Waals surface area contributed by atoms with Crippen molar-refractivity contribution in [3.8, 4) is 0 Å². The van der Waals surface area contributed by atoms with Gasteiger partial charge in [-0.1, -0.05) is 15.9 Å². The third-order valence-electron chi connectivity index (χ3n) is 2.14. The Morgan fingerprint density at radius 1 is 1.47 bits per heavy atom. The van der Waals surface area contributed by atoms with Gasteiger partial charge >= 0.3 is 0 Å². The Labute approximate surface area is 97.6 Å². The van der Waals surface area contributed by atoms with Crippen LogP contribution in [0.1, 0.15) is 18.9 Å². The summed E-state index contributed by atoms with van der Waals surface area (Å²) in [5, 5.41) is 11.9. The molecule has 0 spiro atoms. The van der Waals surface area contributed by atoms with Crippen LogP contribution >= 0.6 is 15.9 Å². The number of rotatable bonds is 5. The fraction of sp³-hybridized carbons (Fsp3) is 0.455. The van der Waals surface area contributed by atoms with Crippen LogP contribution in [-0.4, -0.2) is 17.8 Å². The third kappa shape index (κ3) is 4.73. The van der Waals surface area contributed by atoms with Gasteiger partial charge in [-0.2, -0.15) is 0 Å². The van der Waals surface area contributed by atoms with Crippen molar-refractivity contribution in [2.24, 2.45) is 0 Å². The lowest BCUT2D eigenvalue weighted by Crippen LogP contribution is -2.26. The Hall–Kier alpha value is -0.450. The Morgan fingerprint density at radius 2 is 2.20 bits per heavy atom. The highest BCUT2D eigenvalue weighted by Crippen LogP contribution is 2.14. The molecule has 2 nitrogen and oxygen atoms in total. The average Bonchev–Trinajstić information content (AvgIpc) is 2.14. The average molecular weight is 276 g/mol. The molecule has 0 bridgehead atoms. The van der Waals surface area contributed by atoms with E-state index in [0.29, 0.717) is 13.0 Å². The summed E-state index contributed by atoms with van der Waals surface area (Å²) in [4.78, 5) is 0. The highest BCUT2D eigenvalue weighted by atomic mass is 79.9. The van der Waals surface area contributed by atoms with Crippen molar-refractivity contribution in [2.45, 2.75) is 25.9 Å². The van der Waals surface area contributed by atoms with E-state index in [1.165, 1.54) is 12.1 Å².